The molecule has 1 aromatic heterocycles. The van der Waals surface area contributed by atoms with Crippen LogP contribution in [0.3, 0.4) is 0 Å². The van der Waals surface area contributed by atoms with Gasteiger partial charge >= 0.3 is 6.36 Å². The van der Waals surface area contributed by atoms with Crippen LogP contribution in [0.25, 0.3) is 0 Å². The Morgan fingerprint density at radius 1 is 1.33 bits per heavy atom. The van der Waals surface area contributed by atoms with Crippen LogP contribution in [0.15, 0.2) is 36.5 Å². The maximum Gasteiger partial charge on any atom is 0.573 e. The van der Waals surface area contributed by atoms with Gasteiger partial charge in [-0.1, -0.05) is 18.2 Å². The van der Waals surface area contributed by atoms with Crippen molar-refractivity contribution in [1.82, 2.24) is 20.4 Å². The van der Waals surface area contributed by atoms with Crippen molar-refractivity contribution in [3.05, 3.63) is 47.8 Å². The smallest absolute Gasteiger partial charge is 0.405 e. The van der Waals surface area contributed by atoms with Crippen molar-refractivity contribution in [1.29, 1.82) is 0 Å². The van der Waals surface area contributed by atoms with Gasteiger partial charge in [-0.05, 0) is 31.5 Å². The Kier molecular flexibility index (Phi) is 6.00. The second-order valence-electron chi connectivity index (χ2n) is 6.41. The van der Waals surface area contributed by atoms with Gasteiger partial charge in [0.1, 0.15) is 12.3 Å². The van der Waals surface area contributed by atoms with E-state index >= 15 is 0 Å². The zero-order valence-corrected chi connectivity index (χ0v) is 14.6. The molecule has 0 radical (unpaired) electrons. The molecule has 1 amide bonds. The fraction of sp³-hybridized carbons (Fsp3) is 0.444. The first-order valence-corrected chi connectivity index (χ1v) is 8.75. The molecule has 0 aliphatic carbocycles. The summed E-state index contributed by atoms with van der Waals surface area (Å²) in [6.07, 6.45) is -0.882. The van der Waals surface area contributed by atoms with Gasteiger partial charge in [0.2, 0.25) is 5.91 Å². The number of para-hydroxylation sites is 1. The molecule has 0 unspecified atom stereocenters. The molecule has 9 heteroatoms. The number of nitrogens with one attached hydrogen (secondary N) is 2. The quantitative estimate of drug-likeness (QED) is 0.806. The molecule has 146 valence electrons. The van der Waals surface area contributed by atoms with Crippen LogP contribution < -0.4 is 15.4 Å². The molecule has 0 saturated carbocycles. The maximum atomic E-state index is 12.4. The van der Waals surface area contributed by atoms with E-state index in [4.69, 9.17) is 0 Å². The van der Waals surface area contributed by atoms with E-state index in [-0.39, 0.29) is 30.3 Å². The molecule has 3 rings (SSSR count). The topological polar surface area (TPSA) is 68.2 Å². The Labute approximate surface area is 154 Å². The lowest BCUT2D eigenvalue weighted by molar-refractivity contribution is -0.274. The first-order chi connectivity index (χ1) is 12.9. The number of carbonyl (C=O) groups is 1. The zero-order valence-electron chi connectivity index (χ0n) is 14.6. The Hall–Kier alpha value is -2.55. The molecule has 1 fully saturated rings. The molecule has 27 heavy (non-hydrogen) atoms. The second kappa shape index (κ2) is 8.43. The first-order valence-electron chi connectivity index (χ1n) is 8.75. The van der Waals surface area contributed by atoms with Gasteiger partial charge in [-0.25, -0.2) is 0 Å². The van der Waals surface area contributed by atoms with E-state index in [1.807, 2.05) is 6.07 Å². The Bertz CT molecular complexity index is 770. The SMILES string of the molecule is O=C(Cn1ccc([C@H]2CCCNC2)n1)NCc1ccccc1OC(F)(F)F. The number of aromatic nitrogens is 2. The van der Waals surface area contributed by atoms with Crippen molar-refractivity contribution in [3.8, 4) is 5.75 Å². The van der Waals surface area contributed by atoms with Crippen molar-refractivity contribution in [2.45, 2.75) is 38.2 Å². The Balaban J connectivity index is 1.54. The van der Waals surface area contributed by atoms with Crippen LogP contribution in [-0.4, -0.2) is 35.1 Å². The van der Waals surface area contributed by atoms with Crippen LogP contribution in [-0.2, 0) is 17.9 Å². The van der Waals surface area contributed by atoms with Gasteiger partial charge in [-0.15, -0.1) is 13.2 Å². The third-order valence-electron chi connectivity index (χ3n) is 4.36. The van der Waals surface area contributed by atoms with Gasteiger partial charge in [0, 0.05) is 30.8 Å². The van der Waals surface area contributed by atoms with Crippen LogP contribution >= 0.6 is 0 Å². The van der Waals surface area contributed by atoms with E-state index < -0.39 is 6.36 Å². The minimum atomic E-state index is -4.78. The van der Waals surface area contributed by atoms with Crippen molar-refractivity contribution in [2.24, 2.45) is 0 Å². The fourth-order valence-corrected chi connectivity index (χ4v) is 3.06. The molecule has 1 saturated heterocycles. The number of alkyl halides is 3. The highest BCUT2D eigenvalue weighted by atomic mass is 19.4. The van der Waals surface area contributed by atoms with Crippen molar-refractivity contribution >= 4 is 5.91 Å². The lowest BCUT2D eigenvalue weighted by Gasteiger charge is -2.20. The van der Waals surface area contributed by atoms with E-state index in [0.717, 1.165) is 31.6 Å². The Morgan fingerprint density at radius 3 is 2.89 bits per heavy atom. The van der Waals surface area contributed by atoms with Gasteiger partial charge < -0.3 is 15.4 Å². The highest BCUT2D eigenvalue weighted by molar-refractivity contribution is 5.75. The summed E-state index contributed by atoms with van der Waals surface area (Å²) in [6.45, 7) is 1.83. The highest BCUT2D eigenvalue weighted by Gasteiger charge is 2.32. The second-order valence-corrected chi connectivity index (χ2v) is 6.41. The molecule has 1 aliphatic rings. The summed E-state index contributed by atoms with van der Waals surface area (Å²) in [5.74, 6) is -0.320. The van der Waals surface area contributed by atoms with E-state index in [2.05, 4.69) is 20.5 Å². The number of hydrogen-bond donors (Lipinski definition) is 2. The lowest BCUT2D eigenvalue weighted by atomic mass is 9.97. The molecule has 2 N–H and O–H groups in total. The monoisotopic (exact) mass is 382 g/mol. The van der Waals surface area contributed by atoms with Crippen LogP contribution in [0.1, 0.15) is 30.0 Å². The predicted octanol–water partition coefficient (Wildman–Crippen LogP) is 2.57. The minimum Gasteiger partial charge on any atom is -0.405 e. The van der Waals surface area contributed by atoms with Gasteiger partial charge in [0.15, 0.2) is 0 Å². The van der Waals surface area contributed by atoms with E-state index in [1.165, 1.54) is 22.9 Å². The summed E-state index contributed by atoms with van der Waals surface area (Å²) in [5.41, 5.74) is 1.19. The van der Waals surface area contributed by atoms with Crippen molar-refractivity contribution in [2.75, 3.05) is 13.1 Å². The van der Waals surface area contributed by atoms with E-state index in [9.17, 15) is 18.0 Å². The molecular weight excluding hydrogens is 361 g/mol. The molecular formula is C18H21F3N4O2. The largest absolute Gasteiger partial charge is 0.573 e. The number of rotatable bonds is 6. The average Bonchev–Trinajstić information content (AvgIpc) is 3.09. The number of carbonyl (C=O) groups excluding carboxylic acids is 1. The van der Waals surface area contributed by atoms with Crippen molar-refractivity contribution in [3.63, 3.8) is 0 Å². The number of piperidine rings is 1. The number of amides is 1. The molecule has 1 aromatic carbocycles. The standard InChI is InChI=1S/C18H21F3N4O2/c19-18(20,21)27-16-6-2-1-4-14(16)11-23-17(26)12-25-9-7-15(24-25)13-5-3-8-22-10-13/h1-2,4,6-7,9,13,22H,3,5,8,10-12H2,(H,23,26)/t13-/m0/s1. The molecule has 1 atom stereocenters. The molecule has 2 heterocycles. The third kappa shape index (κ3) is 5.72. The summed E-state index contributed by atoms with van der Waals surface area (Å²) in [4.78, 5) is 12.1. The van der Waals surface area contributed by atoms with Gasteiger partial charge in [-0.3, -0.25) is 9.48 Å². The molecule has 2 aromatic rings. The molecule has 0 spiro atoms. The summed E-state index contributed by atoms with van der Waals surface area (Å²) in [6, 6.07) is 7.62. The van der Waals surface area contributed by atoms with Crippen LogP contribution in [0.4, 0.5) is 13.2 Å². The fourth-order valence-electron chi connectivity index (χ4n) is 3.06. The molecule has 0 bridgehead atoms. The van der Waals surface area contributed by atoms with Gasteiger partial charge in [0.25, 0.3) is 0 Å². The number of ether oxygens (including phenoxy) is 1. The average molecular weight is 382 g/mol. The lowest BCUT2D eigenvalue weighted by Crippen LogP contribution is -2.29. The van der Waals surface area contributed by atoms with Crippen LogP contribution in [0.5, 0.6) is 5.75 Å². The van der Waals surface area contributed by atoms with E-state index in [1.54, 1.807) is 12.3 Å². The number of hydrogen-bond acceptors (Lipinski definition) is 4. The number of halogens is 3. The van der Waals surface area contributed by atoms with Crippen LogP contribution in [0.2, 0.25) is 0 Å². The number of nitrogens with zero attached hydrogens (tertiary/aromatic N) is 2. The summed E-state index contributed by atoms with van der Waals surface area (Å²) >= 11 is 0. The minimum absolute atomic E-state index is 0.00242. The predicted molar refractivity (Wildman–Crippen MR) is 92.0 cm³/mol. The molecule has 6 nitrogen and oxygen atoms in total. The maximum absolute atomic E-state index is 12.4. The third-order valence-corrected chi connectivity index (χ3v) is 4.36. The molecule has 1 aliphatic heterocycles. The summed E-state index contributed by atoms with van der Waals surface area (Å²) < 4.78 is 42.8. The highest BCUT2D eigenvalue weighted by Crippen LogP contribution is 2.26. The van der Waals surface area contributed by atoms with Gasteiger partial charge in [-0.2, -0.15) is 5.10 Å². The first kappa shape index (κ1) is 19.2. The zero-order chi connectivity index (χ0) is 19.3. The van der Waals surface area contributed by atoms with Crippen molar-refractivity contribution < 1.29 is 22.7 Å². The summed E-state index contributed by atoms with van der Waals surface area (Å²) in [5, 5.41) is 10.4. The van der Waals surface area contributed by atoms with Crippen LogP contribution in [0, 0.1) is 0 Å². The van der Waals surface area contributed by atoms with E-state index in [0.29, 0.717) is 5.92 Å². The summed E-state index contributed by atoms with van der Waals surface area (Å²) in [7, 11) is 0. The number of benzene rings is 1. The normalized spacial score (nSPS) is 17.5. The van der Waals surface area contributed by atoms with Gasteiger partial charge in [0.05, 0.1) is 5.69 Å². The Morgan fingerprint density at radius 2 is 2.15 bits per heavy atom.